The number of hydrogen-bond donors (Lipinski definition) is 1. The summed E-state index contributed by atoms with van der Waals surface area (Å²) in [6, 6.07) is 2.11. The first-order valence-electron chi connectivity index (χ1n) is 6.35. The van der Waals surface area contributed by atoms with Gasteiger partial charge in [0.25, 0.3) is 0 Å². The van der Waals surface area contributed by atoms with E-state index in [2.05, 4.69) is 58.0 Å². The summed E-state index contributed by atoms with van der Waals surface area (Å²) in [5, 5.41) is 7.23. The highest BCUT2D eigenvalue weighted by Gasteiger charge is 2.26. The average molecular weight is 251 g/mol. The first-order chi connectivity index (χ1) is 8.05. The third-order valence-electron chi connectivity index (χ3n) is 2.89. The van der Waals surface area contributed by atoms with E-state index in [4.69, 9.17) is 0 Å². The molecule has 4 heteroatoms. The molecule has 0 unspecified atom stereocenters. The molecule has 0 fully saturated rings. The number of rotatable bonds is 2. The van der Waals surface area contributed by atoms with Gasteiger partial charge >= 0.3 is 0 Å². The van der Waals surface area contributed by atoms with Crippen molar-refractivity contribution in [2.75, 3.05) is 7.05 Å². The van der Waals surface area contributed by atoms with Gasteiger partial charge in [0.05, 0.1) is 5.69 Å². The molecule has 1 rings (SSSR count). The molecular formula is C14H25N3O. The van der Waals surface area contributed by atoms with Crippen LogP contribution in [0.2, 0.25) is 0 Å². The Morgan fingerprint density at radius 3 is 2.17 bits per heavy atom. The molecule has 1 aromatic rings. The Balaban J connectivity index is 3.22. The molecule has 1 aromatic heterocycles. The molecule has 0 atom stereocenters. The van der Waals surface area contributed by atoms with Crippen LogP contribution in [-0.2, 0) is 22.2 Å². The van der Waals surface area contributed by atoms with Crippen LogP contribution in [0, 0.1) is 0 Å². The molecule has 0 aromatic carbocycles. The van der Waals surface area contributed by atoms with Gasteiger partial charge in [0, 0.05) is 23.6 Å². The van der Waals surface area contributed by atoms with Crippen LogP contribution < -0.4 is 5.32 Å². The van der Waals surface area contributed by atoms with Crippen LogP contribution in [0.15, 0.2) is 6.07 Å². The number of carbonyl (C=O) groups is 1. The molecule has 0 spiro atoms. The minimum atomic E-state index is -0.0240. The third kappa shape index (κ3) is 3.34. The van der Waals surface area contributed by atoms with Crippen molar-refractivity contribution in [3.63, 3.8) is 0 Å². The highest BCUT2D eigenvalue weighted by molar-refractivity contribution is 5.75. The van der Waals surface area contributed by atoms with Crippen LogP contribution in [0.1, 0.15) is 52.9 Å². The largest absolute Gasteiger partial charge is 0.358 e. The highest BCUT2D eigenvalue weighted by atomic mass is 16.1. The van der Waals surface area contributed by atoms with E-state index in [0.29, 0.717) is 0 Å². The van der Waals surface area contributed by atoms with Gasteiger partial charge in [0.1, 0.15) is 6.54 Å². The van der Waals surface area contributed by atoms with Gasteiger partial charge in [0.2, 0.25) is 5.91 Å². The molecule has 4 nitrogen and oxygen atoms in total. The molecule has 1 amide bonds. The fraction of sp³-hybridized carbons (Fsp3) is 0.714. The maximum Gasteiger partial charge on any atom is 0.241 e. The molecule has 0 radical (unpaired) electrons. The van der Waals surface area contributed by atoms with Crippen LogP contribution in [0.25, 0.3) is 0 Å². The molecule has 0 bridgehead atoms. The molecule has 0 aliphatic rings. The Bertz CT molecular complexity index is 433. The number of nitrogens with one attached hydrogen (secondary N) is 1. The van der Waals surface area contributed by atoms with E-state index >= 15 is 0 Å². The second-order valence-corrected chi connectivity index (χ2v) is 6.75. The SMILES string of the molecule is CNC(=O)Cn1nc(C(C)(C)C)cc1C(C)(C)C. The number of aromatic nitrogens is 2. The molecule has 0 aliphatic carbocycles. The van der Waals surface area contributed by atoms with Crippen molar-refractivity contribution in [2.24, 2.45) is 0 Å². The quantitative estimate of drug-likeness (QED) is 0.876. The topological polar surface area (TPSA) is 46.9 Å². The fourth-order valence-electron chi connectivity index (χ4n) is 1.72. The van der Waals surface area contributed by atoms with Gasteiger partial charge in [0.15, 0.2) is 0 Å². The minimum Gasteiger partial charge on any atom is -0.358 e. The fourth-order valence-corrected chi connectivity index (χ4v) is 1.72. The number of hydrogen-bond acceptors (Lipinski definition) is 2. The van der Waals surface area contributed by atoms with Crippen molar-refractivity contribution < 1.29 is 4.79 Å². The van der Waals surface area contributed by atoms with Gasteiger partial charge < -0.3 is 5.32 Å². The Kier molecular flexibility index (Phi) is 3.89. The summed E-state index contributed by atoms with van der Waals surface area (Å²) in [5.74, 6) is -0.0240. The van der Waals surface area contributed by atoms with Crippen molar-refractivity contribution in [3.8, 4) is 0 Å². The second-order valence-electron chi connectivity index (χ2n) is 6.75. The number of likely N-dealkylation sites (N-methyl/N-ethyl adjacent to an activating group) is 1. The van der Waals surface area contributed by atoms with E-state index in [9.17, 15) is 4.79 Å². The van der Waals surface area contributed by atoms with Gasteiger partial charge in [-0.2, -0.15) is 5.10 Å². The lowest BCUT2D eigenvalue weighted by atomic mass is 9.88. The zero-order valence-electron chi connectivity index (χ0n) is 12.6. The predicted octanol–water partition coefficient (Wildman–Crippen LogP) is 2.22. The molecule has 0 saturated heterocycles. The summed E-state index contributed by atoms with van der Waals surface area (Å²) in [6.07, 6.45) is 0. The first-order valence-corrected chi connectivity index (χ1v) is 6.35. The van der Waals surface area contributed by atoms with Gasteiger partial charge in [-0.1, -0.05) is 41.5 Å². The number of amides is 1. The van der Waals surface area contributed by atoms with E-state index in [0.717, 1.165) is 11.4 Å². The van der Waals surface area contributed by atoms with E-state index < -0.39 is 0 Å². The van der Waals surface area contributed by atoms with Crippen molar-refractivity contribution in [1.29, 1.82) is 0 Å². The van der Waals surface area contributed by atoms with E-state index in [1.165, 1.54) is 0 Å². The van der Waals surface area contributed by atoms with Crippen molar-refractivity contribution in [2.45, 2.75) is 58.9 Å². The van der Waals surface area contributed by atoms with Crippen LogP contribution >= 0.6 is 0 Å². The maximum absolute atomic E-state index is 11.5. The van der Waals surface area contributed by atoms with Gasteiger partial charge in [-0.25, -0.2) is 0 Å². The lowest BCUT2D eigenvalue weighted by Gasteiger charge is -2.19. The molecule has 18 heavy (non-hydrogen) atoms. The normalized spacial score (nSPS) is 12.6. The van der Waals surface area contributed by atoms with Crippen molar-refractivity contribution in [3.05, 3.63) is 17.5 Å². The minimum absolute atomic E-state index is 0.00601. The Morgan fingerprint density at radius 2 is 1.78 bits per heavy atom. The molecule has 102 valence electrons. The zero-order chi connectivity index (χ0) is 14.1. The van der Waals surface area contributed by atoms with Gasteiger partial charge in [-0.15, -0.1) is 0 Å². The molecule has 1 N–H and O–H groups in total. The Labute approximate surface area is 110 Å². The molecular weight excluding hydrogens is 226 g/mol. The van der Waals surface area contributed by atoms with Crippen LogP contribution in [0.4, 0.5) is 0 Å². The monoisotopic (exact) mass is 251 g/mol. The first kappa shape index (κ1) is 14.7. The van der Waals surface area contributed by atoms with E-state index in [1.807, 2.05) is 4.68 Å². The summed E-state index contributed by atoms with van der Waals surface area (Å²) < 4.78 is 1.82. The maximum atomic E-state index is 11.5. The zero-order valence-corrected chi connectivity index (χ0v) is 12.6. The second kappa shape index (κ2) is 4.75. The third-order valence-corrected chi connectivity index (χ3v) is 2.89. The Hall–Kier alpha value is -1.32. The van der Waals surface area contributed by atoms with Crippen LogP contribution in [-0.4, -0.2) is 22.7 Å². The Morgan fingerprint density at radius 1 is 1.22 bits per heavy atom. The number of nitrogens with zero attached hydrogens (tertiary/aromatic N) is 2. The van der Waals surface area contributed by atoms with Crippen molar-refractivity contribution >= 4 is 5.91 Å². The summed E-state index contributed by atoms with van der Waals surface area (Å²) in [4.78, 5) is 11.5. The standard InChI is InChI=1S/C14H25N3O/c1-13(2,3)10-8-11(14(4,5)6)17(16-10)9-12(18)15-7/h8H,9H2,1-7H3,(H,15,18). The highest BCUT2D eigenvalue weighted by Crippen LogP contribution is 2.28. The summed E-state index contributed by atoms with van der Waals surface area (Å²) in [6.45, 7) is 13.1. The lowest BCUT2D eigenvalue weighted by molar-refractivity contribution is -0.121. The van der Waals surface area contributed by atoms with Gasteiger partial charge in [-0.05, 0) is 6.07 Å². The van der Waals surface area contributed by atoms with Crippen LogP contribution in [0.5, 0.6) is 0 Å². The lowest BCUT2D eigenvalue weighted by Crippen LogP contribution is -2.28. The molecule has 0 aliphatic heterocycles. The van der Waals surface area contributed by atoms with Crippen LogP contribution in [0.3, 0.4) is 0 Å². The number of carbonyl (C=O) groups excluding carboxylic acids is 1. The summed E-state index contributed by atoms with van der Waals surface area (Å²) >= 11 is 0. The molecule has 1 heterocycles. The predicted molar refractivity (Wildman–Crippen MR) is 73.7 cm³/mol. The average Bonchev–Trinajstić information content (AvgIpc) is 2.60. The summed E-state index contributed by atoms with van der Waals surface area (Å²) in [7, 11) is 1.65. The van der Waals surface area contributed by atoms with E-state index in [-0.39, 0.29) is 23.3 Å². The smallest absolute Gasteiger partial charge is 0.241 e. The van der Waals surface area contributed by atoms with Crippen molar-refractivity contribution in [1.82, 2.24) is 15.1 Å². The van der Waals surface area contributed by atoms with Gasteiger partial charge in [-0.3, -0.25) is 9.48 Å². The summed E-state index contributed by atoms with van der Waals surface area (Å²) in [5.41, 5.74) is 2.09. The molecule has 0 saturated carbocycles. The van der Waals surface area contributed by atoms with E-state index in [1.54, 1.807) is 7.05 Å².